The van der Waals surface area contributed by atoms with Crippen LogP contribution in [-0.4, -0.2) is 30.9 Å². The van der Waals surface area contributed by atoms with Crippen LogP contribution in [0.4, 0.5) is 0 Å². The largest absolute Gasteiger partial charge is 0.494 e. The highest BCUT2D eigenvalue weighted by atomic mass is 16.7. The first-order valence-electron chi connectivity index (χ1n) is 8.59. The quantitative estimate of drug-likeness (QED) is 0.867. The normalized spacial score (nSPS) is 21.7. The summed E-state index contributed by atoms with van der Waals surface area (Å²) in [5, 5.41) is 3.50. The van der Waals surface area contributed by atoms with Crippen molar-refractivity contribution in [2.24, 2.45) is 0 Å². The Balaban J connectivity index is 1.73. The highest BCUT2D eigenvalue weighted by Crippen LogP contribution is 2.36. The van der Waals surface area contributed by atoms with Gasteiger partial charge in [0.25, 0.3) is 0 Å². The fourth-order valence-corrected chi connectivity index (χ4v) is 3.01. The van der Waals surface area contributed by atoms with Gasteiger partial charge in [0, 0.05) is 12.6 Å². The molecular formula is C19H28BNO2. The maximum absolute atomic E-state index is 6.16. The molecule has 0 amide bonds. The SMILES string of the molecule is CC(C)NCC1=Cc2ccc(B3OC(C)(C)C(C)(C)O3)cc2C1. The molecule has 1 aliphatic carbocycles. The van der Waals surface area contributed by atoms with Gasteiger partial charge in [-0.05, 0) is 50.7 Å². The first kappa shape index (κ1) is 16.8. The van der Waals surface area contributed by atoms with Crippen molar-refractivity contribution in [3.63, 3.8) is 0 Å². The zero-order valence-electron chi connectivity index (χ0n) is 15.2. The van der Waals surface area contributed by atoms with Crippen LogP contribution in [0.15, 0.2) is 23.8 Å². The van der Waals surface area contributed by atoms with E-state index in [2.05, 4.69) is 71.1 Å². The maximum Gasteiger partial charge on any atom is 0.494 e. The summed E-state index contributed by atoms with van der Waals surface area (Å²) in [5.41, 5.74) is 4.68. The van der Waals surface area contributed by atoms with E-state index in [1.807, 2.05) is 0 Å². The fraction of sp³-hybridized carbons (Fsp3) is 0.579. The van der Waals surface area contributed by atoms with Gasteiger partial charge in [-0.25, -0.2) is 0 Å². The van der Waals surface area contributed by atoms with E-state index in [0.717, 1.165) is 18.4 Å². The molecule has 0 unspecified atom stereocenters. The van der Waals surface area contributed by atoms with E-state index in [0.29, 0.717) is 6.04 Å². The van der Waals surface area contributed by atoms with Crippen LogP contribution in [0.1, 0.15) is 52.7 Å². The van der Waals surface area contributed by atoms with Gasteiger partial charge in [0.15, 0.2) is 0 Å². The third-order valence-corrected chi connectivity index (χ3v) is 5.21. The highest BCUT2D eigenvalue weighted by Gasteiger charge is 2.51. The number of fused-ring (bicyclic) bond motifs is 1. The number of nitrogens with one attached hydrogen (secondary N) is 1. The van der Waals surface area contributed by atoms with Crippen LogP contribution in [0.5, 0.6) is 0 Å². The Kier molecular flexibility index (Phi) is 4.20. The van der Waals surface area contributed by atoms with Gasteiger partial charge >= 0.3 is 7.12 Å². The molecule has 1 N–H and O–H groups in total. The Morgan fingerprint density at radius 1 is 1.13 bits per heavy atom. The minimum Gasteiger partial charge on any atom is -0.399 e. The summed E-state index contributed by atoms with van der Waals surface area (Å²) < 4.78 is 12.3. The van der Waals surface area contributed by atoms with Crippen LogP contribution in [0, 0.1) is 0 Å². The molecule has 1 heterocycles. The second-order valence-electron chi connectivity index (χ2n) is 8.06. The van der Waals surface area contributed by atoms with Crippen molar-refractivity contribution in [3.05, 3.63) is 34.9 Å². The smallest absolute Gasteiger partial charge is 0.399 e. The van der Waals surface area contributed by atoms with Gasteiger partial charge in [-0.3, -0.25) is 0 Å². The standard InChI is InChI=1S/C19H28BNO2/c1-13(2)21-12-14-9-15-7-8-17(11-16(15)10-14)20-22-18(3,4)19(5,6)23-20/h7-9,11,13,21H,10,12H2,1-6H3. The number of hydrogen-bond donors (Lipinski definition) is 1. The Morgan fingerprint density at radius 3 is 2.39 bits per heavy atom. The molecule has 1 aromatic rings. The first-order chi connectivity index (χ1) is 10.7. The molecule has 3 nitrogen and oxygen atoms in total. The molecule has 0 atom stereocenters. The molecule has 0 spiro atoms. The molecular weight excluding hydrogens is 285 g/mol. The molecule has 1 aliphatic heterocycles. The van der Waals surface area contributed by atoms with Gasteiger partial charge in [0.05, 0.1) is 11.2 Å². The monoisotopic (exact) mass is 313 g/mol. The van der Waals surface area contributed by atoms with Gasteiger partial charge in [-0.1, -0.05) is 43.7 Å². The highest BCUT2D eigenvalue weighted by molar-refractivity contribution is 6.62. The number of hydrogen-bond acceptors (Lipinski definition) is 3. The summed E-state index contributed by atoms with van der Waals surface area (Å²) in [5.74, 6) is 0. The lowest BCUT2D eigenvalue weighted by Gasteiger charge is -2.32. The Morgan fingerprint density at radius 2 is 1.78 bits per heavy atom. The maximum atomic E-state index is 6.16. The summed E-state index contributed by atoms with van der Waals surface area (Å²) in [7, 11) is -0.275. The summed E-state index contributed by atoms with van der Waals surface area (Å²) in [6.07, 6.45) is 3.32. The fourth-order valence-electron chi connectivity index (χ4n) is 3.01. The van der Waals surface area contributed by atoms with Crippen molar-refractivity contribution >= 4 is 18.7 Å². The molecule has 0 radical (unpaired) electrons. The van der Waals surface area contributed by atoms with Crippen LogP contribution < -0.4 is 10.8 Å². The average Bonchev–Trinajstić information content (AvgIpc) is 2.94. The Bertz CT molecular complexity index is 618. The zero-order valence-corrected chi connectivity index (χ0v) is 15.2. The van der Waals surface area contributed by atoms with Gasteiger partial charge in [0.2, 0.25) is 0 Å². The van der Waals surface area contributed by atoms with E-state index >= 15 is 0 Å². The molecule has 1 saturated heterocycles. The minimum atomic E-state index is -0.290. The summed E-state index contributed by atoms with van der Waals surface area (Å²) in [6.45, 7) is 13.7. The van der Waals surface area contributed by atoms with Crippen molar-refractivity contribution in [2.45, 2.75) is 65.2 Å². The van der Waals surface area contributed by atoms with Crippen LogP contribution in [0.25, 0.3) is 6.08 Å². The Hall–Kier alpha value is -1.10. The van der Waals surface area contributed by atoms with Gasteiger partial charge in [-0.15, -0.1) is 0 Å². The molecule has 23 heavy (non-hydrogen) atoms. The third-order valence-electron chi connectivity index (χ3n) is 5.21. The third kappa shape index (κ3) is 3.26. The zero-order chi connectivity index (χ0) is 16.8. The van der Waals surface area contributed by atoms with Crippen molar-refractivity contribution < 1.29 is 9.31 Å². The number of rotatable bonds is 4. The minimum absolute atomic E-state index is 0.275. The molecule has 0 saturated carbocycles. The van der Waals surface area contributed by atoms with Crippen LogP contribution in [-0.2, 0) is 15.7 Å². The van der Waals surface area contributed by atoms with E-state index in [1.165, 1.54) is 16.7 Å². The predicted octanol–water partition coefficient (Wildman–Crippen LogP) is 2.92. The molecule has 3 rings (SSSR count). The van der Waals surface area contributed by atoms with E-state index in [9.17, 15) is 0 Å². The molecule has 0 bridgehead atoms. The van der Waals surface area contributed by atoms with Crippen LogP contribution in [0.3, 0.4) is 0 Å². The van der Waals surface area contributed by atoms with E-state index in [-0.39, 0.29) is 18.3 Å². The van der Waals surface area contributed by atoms with Crippen molar-refractivity contribution in [1.29, 1.82) is 0 Å². The van der Waals surface area contributed by atoms with E-state index in [1.54, 1.807) is 0 Å². The molecule has 0 aromatic heterocycles. The topological polar surface area (TPSA) is 30.5 Å². The average molecular weight is 313 g/mol. The van der Waals surface area contributed by atoms with Gasteiger partial charge in [-0.2, -0.15) is 0 Å². The second kappa shape index (κ2) is 5.76. The lowest BCUT2D eigenvalue weighted by molar-refractivity contribution is 0.00578. The summed E-state index contributed by atoms with van der Waals surface area (Å²) in [6, 6.07) is 7.09. The Labute approximate surface area is 140 Å². The van der Waals surface area contributed by atoms with Crippen LogP contribution >= 0.6 is 0 Å². The molecule has 1 fully saturated rings. The van der Waals surface area contributed by atoms with Crippen molar-refractivity contribution in [2.75, 3.05) is 6.54 Å². The van der Waals surface area contributed by atoms with Crippen molar-refractivity contribution in [1.82, 2.24) is 5.32 Å². The second-order valence-corrected chi connectivity index (χ2v) is 8.06. The summed E-state index contributed by atoms with van der Waals surface area (Å²) in [4.78, 5) is 0. The van der Waals surface area contributed by atoms with E-state index < -0.39 is 0 Å². The number of benzene rings is 1. The molecule has 4 heteroatoms. The molecule has 2 aliphatic rings. The lowest BCUT2D eigenvalue weighted by atomic mass is 9.78. The van der Waals surface area contributed by atoms with Gasteiger partial charge < -0.3 is 14.6 Å². The molecule has 1 aromatic carbocycles. The first-order valence-corrected chi connectivity index (χ1v) is 8.59. The predicted molar refractivity (Wildman–Crippen MR) is 97.0 cm³/mol. The van der Waals surface area contributed by atoms with Crippen LogP contribution in [0.2, 0.25) is 0 Å². The molecule has 124 valence electrons. The summed E-state index contributed by atoms with van der Waals surface area (Å²) >= 11 is 0. The van der Waals surface area contributed by atoms with Crippen molar-refractivity contribution in [3.8, 4) is 0 Å². The van der Waals surface area contributed by atoms with E-state index in [4.69, 9.17) is 9.31 Å². The lowest BCUT2D eigenvalue weighted by Crippen LogP contribution is -2.41. The van der Waals surface area contributed by atoms with Gasteiger partial charge in [0.1, 0.15) is 0 Å².